The number of nitrogens with one attached hydrogen (secondary N) is 2. The number of fused-ring (bicyclic) bond motifs is 1. The standard InChI is InChI=1S/C23H27ClN2O/c1-2-25-14-5-15-26-16-22-21-7-4-3-6-19(21)10-13-23(22)27-17-18-8-11-20(24)12-9-18/h3-4,6-13,25-26H,2,5,14-17H2,1H3. The highest BCUT2D eigenvalue weighted by Crippen LogP contribution is 2.29. The van der Waals surface area contributed by atoms with Gasteiger partial charge in [-0.1, -0.05) is 61.0 Å². The van der Waals surface area contributed by atoms with Crippen molar-refractivity contribution >= 4 is 22.4 Å². The maximum absolute atomic E-state index is 6.17. The van der Waals surface area contributed by atoms with Gasteiger partial charge in [-0.2, -0.15) is 0 Å². The van der Waals surface area contributed by atoms with Crippen molar-refractivity contribution in [2.75, 3.05) is 19.6 Å². The van der Waals surface area contributed by atoms with Crippen molar-refractivity contribution in [1.82, 2.24) is 10.6 Å². The number of benzene rings is 3. The molecule has 27 heavy (non-hydrogen) atoms. The Morgan fingerprint density at radius 1 is 0.889 bits per heavy atom. The van der Waals surface area contributed by atoms with E-state index in [-0.39, 0.29) is 0 Å². The molecule has 0 radical (unpaired) electrons. The molecule has 3 aromatic rings. The van der Waals surface area contributed by atoms with Gasteiger partial charge < -0.3 is 15.4 Å². The monoisotopic (exact) mass is 382 g/mol. The van der Waals surface area contributed by atoms with Crippen molar-refractivity contribution in [3.8, 4) is 5.75 Å². The number of rotatable bonds is 10. The lowest BCUT2D eigenvalue weighted by atomic mass is 10.0. The second kappa shape index (κ2) is 10.3. The molecule has 0 saturated carbocycles. The van der Waals surface area contributed by atoms with Gasteiger partial charge in [-0.25, -0.2) is 0 Å². The summed E-state index contributed by atoms with van der Waals surface area (Å²) < 4.78 is 6.17. The van der Waals surface area contributed by atoms with E-state index >= 15 is 0 Å². The van der Waals surface area contributed by atoms with Crippen LogP contribution in [0.4, 0.5) is 0 Å². The lowest BCUT2D eigenvalue weighted by Gasteiger charge is -2.15. The zero-order valence-corrected chi connectivity index (χ0v) is 16.6. The molecule has 0 aromatic heterocycles. The maximum Gasteiger partial charge on any atom is 0.124 e. The van der Waals surface area contributed by atoms with Gasteiger partial charge in [-0.15, -0.1) is 0 Å². The first-order chi connectivity index (χ1) is 13.3. The first-order valence-electron chi connectivity index (χ1n) is 9.57. The van der Waals surface area contributed by atoms with E-state index in [1.54, 1.807) is 0 Å². The zero-order valence-electron chi connectivity index (χ0n) is 15.8. The minimum absolute atomic E-state index is 0.531. The molecule has 3 nitrogen and oxygen atoms in total. The predicted molar refractivity (Wildman–Crippen MR) is 115 cm³/mol. The van der Waals surface area contributed by atoms with Crippen LogP contribution in [0.1, 0.15) is 24.5 Å². The van der Waals surface area contributed by atoms with Crippen LogP contribution in [0.15, 0.2) is 60.7 Å². The Morgan fingerprint density at radius 3 is 2.48 bits per heavy atom. The van der Waals surface area contributed by atoms with Crippen LogP contribution in [0.3, 0.4) is 0 Å². The van der Waals surface area contributed by atoms with Gasteiger partial charge in [0.05, 0.1) is 0 Å². The third kappa shape index (κ3) is 5.70. The first kappa shape index (κ1) is 19.7. The maximum atomic E-state index is 6.17. The second-order valence-corrected chi connectivity index (χ2v) is 7.00. The van der Waals surface area contributed by atoms with Crippen molar-refractivity contribution < 1.29 is 4.74 Å². The zero-order chi connectivity index (χ0) is 18.9. The SMILES string of the molecule is CCNCCCNCc1c(OCc2ccc(Cl)cc2)ccc2ccccc12. The quantitative estimate of drug-likeness (QED) is 0.475. The Balaban J connectivity index is 1.71. The summed E-state index contributed by atoms with van der Waals surface area (Å²) in [6.07, 6.45) is 1.11. The second-order valence-electron chi connectivity index (χ2n) is 6.56. The summed E-state index contributed by atoms with van der Waals surface area (Å²) in [5.41, 5.74) is 2.32. The molecule has 0 unspecified atom stereocenters. The van der Waals surface area contributed by atoms with E-state index in [4.69, 9.17) is 16.3 Å². The number of hydrogen-bond donors (Lipinski definition) is 2. The van der Waals surface area contributed by atoms with E-state index in [0.717, 1.165) is 48.9 Å². The summed E-state index contributed by atoms with van der Waals surface area (Å²) in [6.45, 7) is 6.50. The van der Waals surface area contributed by atoms with E-state index in [2.05, 4.69) is 54.0 Å². The normalized spacial score (nSPS) is 11.0. The Bertz CT molecular complexity index is 849. The molecule has 0 aliphatic carbocycles. The molecule has 2 N–H and O–H groups in total. The van der Waals surface area contributed by atoms with Gasteiger partial charge in [0.25, 0.3) is 0 Å². The highest BCUT2D eigenvalue weighted by Gasteiger charge is 2.09. The van der Waals surface area contributed by atoms with Crippen LogP contribution in [0.5, 0.6) is 5.75 Å². The van der Waals surface area contributed by atoms with E-state index in [1.807, 2.05) is 24.3 Å². The van der Waals surface area contributed by atoms with Gasteiger partial charge in [-0.3, -0.25) is 0 Å². The molecule has 3 rings (SSSR count). The molecule has 0 bridgehead atoms. The van der Waals surface area contributed by atoms with Crippen molar-refractivity contribution in [3.05, 3.63) is 76.8 Å². The molecule has 0 aliphatic heterocycles. The molecule has 0 atom stereocenters. The van der Waals surface area contributed by atoms with Crippen LogP contribution < -0.4 is 15.4 Å². The Kier molecular flexibility index (Phi) is 7.52. The molecular weight excluding hydrogens is 356 g/mol. The fourth-order valence-electron chi connectivity index (χ4n) is 3.10. The highest BCUT2D eigenvalue weighted by molar-refractivity contribution is 6.30. The first-order valence-corrected chi connectivity index (χ1v) is 9.95. The molecular formula is C23H27ClN2O. The van der Waals surface area contributed by atoms with Gasteiger partial charge in [0.15, 0.2) is 0 Å². The van der Waals surface area contributed by atoms with Crippen molar-refractivity contribution in [2.24, 2.45) is 0 Å². The summed E-state index contributed by atoms with van der Waals surface area (Å²) in [5.74, 6) is 0.933. The van der Waals surface area contributed by atoms with Crippen LogP contribution in [0.2, 0.25) is 5.02 Å². The van der Waals surface area contributed by atoms with Gasteiger partial charge in [0.1, 0.15) is 12.4 Å². The van der Waals surface area contributed by atoms with E-state index in [1.165, 1.54) is 16.3 Å². The molecule has 142 valence electrons. The average molecular weight is 383 g/mol. The highest BCUT2D eigenvalue weighted by atomic mass is 35.5. The Labute approximate surface area is 166 Å². The third-order valence-corrected chi connectivity index (χ3v) is 4.82. The Morgan fingerprint density at radius 2 is 1.67 bits per heavy atom. The molecule has 0 spiro atoms. The average Bonchev–Trinajstić information content (AvgIpc) is 2.70. The molecule has 0 heterocycles. The summed E-state index contributed by atoms with van der Waals surface area (Å²) in [5, 5.41) is 10.1. The van der Waals surface area contributed by atoms with Crippen LogP contribution in [0.25, 0.3) is 10.8 Å². The van der Waals surface area contributed by atoms with Crippen LogP contribution in [-0.4, -0.2) is 19.6 Å². The van der Waals surface area contributed by atoms with Gasteiger partial charge in [0, 0.05) is 17.1 Å². The summed E-state index contributed by atoms with van der Waals surface area (Å²) in [6, 6.07) is 20.5. The molecule has 0 saturated heterocycles. The fraction of sp³-hybridized carbons (Fsp3) is 0.304. The lowest BCUT2D eigenvalue weighted by molar-refractivity contribution is 0.302. The topological polar surface area (TPSA) is 33.3 Å². The summed E-state index contributed by atoms with van der Waals surface area (Å²) in [7, 11) is 0. The molecule has 0 fully saturated rings. The Hall–Kier alpha value is -2.07. The smallest absolute Gasteiger partial charge is 0.124 e. The number of halogens is 1. The van der Waals surface area contributed by atoms with Crippen LogP contribution in [-0.2, 0) is 13.2 Å². The molecule has 0 amide bonds. The largest absolute Gasteiger partial charge is 0.489 e. The number of hydrogen-bond acceptors (Lipinski definition) is 3. The van der Waals surface area contributed by atoms with Gasteiger partial charge in [0.2, 0.25) is 0 Å². The van der Waals surface area contributed by atoms with E-state index in [9.17, 15) is 0 Å². The van der Waals surface area contributed by atoms with E-state index in [0.29, 0.717) is 6.61 Å². The van der Waals surface area contributed by atoms with E-state index < -0.39 is 0 Å². The number of ether oxygens (including phenoxy) is 1. The molecule has 0 aliphatic rings. The van der Waals surface area contributed by atoms with Crippen molar-refractivity contribution in [2.45, 2.75) is 26.5 Å². The van der Waals surface area contributed by atoms with Gasteiger partial charge >= 0.3 is 0 Å². The lowest BCUT2D eigenvalue weighted by Crippen LogP contribution is -2.21. The van der Waals surface area contributed by atoms with Crippen molar-refractivity contribution in [1.29, 1.82) is 0 Å². The van der Waals surface area contributed by atoms with Gasteiger partial charge in [-0.05, 0) is 60.6 Å². The third-order valence-electron chi connectivity index (χ3n) is 4.56. The fourth-order valence-corrected chi connectivity index (χ4v) is 3.23. The summed E-state index contributed by atoms with van der Waals surface area (Å²) in [4.78, 5) is 0. The van der Waals surface area contributed by atoms with Crippen molar-refractivity contribution in [3.63, 3.8) is 0 Å². The molecule has 4 heteroatoms. The minimum Gasteiger partial charge on any atom is -0.489 e. The van der Waals surface area contributed by atoms with Crippen LogP contribution >= 0.6 is 11.6 Å². The minimum atomic E-state index is 0.531. The summed E-state index contributed by atoms with van der Waals surface area (Å²) >= 11 is 5.97. The molecule has 3 aromatic carbocycles. The predicted octanol–water partition coefficient (Wildman–Crippen LogP) is 5.16. The van der Waals surface area contributed by atoms with Crippen LogP contribution in [0, 0.1) is 0 Å².